The van der Waals surface area contributed by atoms with Crippen molar-refractivity contribution in [2.75, 3.05) is 37.6 Å². The van der Waals surface area contributed by atoms with E-state index in [-0.39, 0.29) is 41.7 Å². The van der Waals surface area contributed by atoms with Crippen molar-refractivity contribution in [3.05, 3.63) is 94.6 Å². The van der Waals surface area contributed by atoms with Gasteiger partial charge in [-0.15, -0.1) is 0 Å². The van der Waals surface area contributed by atoms with Crippen molar-refractivity contribution >= 4 is 17.5 Å². The number of aromatic nitrogens is 1. The molecule has 0 radical (unpaired) electrons. The highest BCUT2D eigenvalue weighted by molar-refractivity contribution is 5.98. The van der Waals surface area contributed by atoms with Gasteiger partial charge in [-0.3, -0.25) is 19.5 Å². The monoisotopic (exact) mass is 541 g/mol. The topological polar surface area (TPSA) is 68.8 Å². The molecule has 3 aromatic rings. The molecule has 1 saturated heterocycles. The van der Waals surface area contributed by atoms with Crippen molar-refractivity contribution in [3.63, 3.8) is 0 Å². The summed E-state index contributed by atoms with van der Waals surface area (Å²) in [7, 11) is 0. The van der Waals surface area contributed by atoms with Crippen molar-refractivity contribution in [2.24, 2.45) is 0 Å². The lowest BCUT2D eigenvalue weighted by Gasteiger charge is -2.41. The number of halogens is 1. The van der Waals surface area contributed by atoms with E-state index in [2.05, 4.69) is 36.0 Å². The van der Waals surface area contributed by atoms with Crippen LogP contribution in [0.1, 0.15) is 53.5 Å². The first kappa shape index (κ1) is 26.6. The first-order valence-electron chi connectivity index (χ1n) is 14.1. The molecule has 2 aromatic carbocycles. The van der Waals surface area contributed by atoms with E-state index in [1.807, 2.05) is 46.3 Å². The van der Waals surface area contributed by atoms with E-state index < -0.39 is 0 Å². The zero-order valence-electron chi connectivity index (χ0n) is 23.4. The van der Waals surface area contributed by atoms with Crippen LogP contribution < -0.4 is 10.2 Å². The lowest BCUT2D eigenvalue weighted by molar-refractivity contribution is -0.120. The molecule has 208 valence electrons. The van der Waals surface area contributed by atoms with Crippen LogP contribution in [0.15, 0.2) is 60.8 Å². The van der Waals surface area contributed by atoms with Gasteiger partial charge in [0.05, 0.1) is 12.2 Å². The van der Waals surface area contributed by atoms with Crippen molar-refractivity contribution in [1.82, 2.24) is 20.1 Å². The second-order valence-electron chi connectivity index (χ2n) is 12.1. The Morgan fingerprint density at radius 3 is 2.70 bits per heavy atom. The van der Waals surface area contributed by atoms with Crippen molar-refractivity contribution in [1.29, 1.82) is 0 Å². The van der Waals surface area contributed by atoms with Crippen molar-refractivity contribution in [3.8, 4) is 0 Å². The normalized spacial score (nSPS) is 21.9. The van der Waals surface area contributed by atoms with Gasteiger partial charge in [-0.1, -0.05) is 44.2 Å². The molecule has 6 rings (SSSR count). The zero-order chi connectivity index (χ0) is 28.0. The predicted molar refractivity (Wildman–Crippen MR) is 153 cm³/mol. The van der Waals surface area contributed by atoms with Gasteiger partial charge in [0.1, 0.15) is 5.82 Å². The molecule has 0 bridgehead atoms. The zero-order valence-corrected chi connectivity index (χ0v) is 23.4. The van der Waals surface area contributed by atoms with E-state index in [0.29, 0.717) is 26.1 Å². The summed E-state index contributed by atoms with van der Waals surface area (Å²) in [5, 5.41) is 3.54. The van der Waals surface area contributed by atoms with Gasteiger partial charge in [-0.05, 0) is 42.3 Å². The maximum absolute atomic E-state index is 13.9. The first-order chi connectivity index (χ1) is 19.2. The third-order valence-corrected chi connectivity index (χ3v) is 8.50. The van der Waals surface area contributed by atoms with Crippen LogP contribution in [-0.4, -0.2) is 71.4 Å². The Balaban J connectivity index is 1.19. The molecule has 2 atom stereocenters. The minimum absolute atomic E-state index is 0.0416. The third kappa shape index (κ3) is 5.13. The van der Waals surface area contributed by atoms with Gasteiger partial charge in [0, 0.05) is 79.7 Å². The third-order valence-electron chi connectivity index (χ3n) is 8.50. The lowest BCUT2D eigenvalue weighted by atomic mass is 9.88. The SMILES string of the molecule is CC1CN(CC(=O)N2CC(C)(C)c3cnc(Cc4ccc(F)cc4)cc32)C(CN2Cc3ccccc3C2=O)CN1. The Kier molecular flexibility index (Phi) is 6.92. The standard InChI is InChI=1S/C32H36FN5O2/c1-21-16-36(26(14-34-21)18-37-17-23-6-4-5-7-27(23)31(37)40)19-30(39)38-20-32(2,3)28-15-35-25(13-29(28)38)12-22-8-10-24(33)11-9-22/h4-11,13,15,21,26,34H,12,14,16-20H2,1-3H3. The molecule has 4 heterocycles. The van der Waals surface area contributed by atoms with Crippen molar-refractivity contribution in [2.45, 2.75) is 51.2 Å². The number of fused-ring (bicyclic) bond motifs is 2. The summed E-state index contributed by atoms with van der Waals surface area (Å²) in [4.78, 5) is 37.7. The number of amides is 2. The summed E-state index contributed by atoms with van der Waals surface area (Å²) < 4.78 is 13.4. The van der Waals surface area contributed by atoms with E-state index in [1.165, 1.54) is 12.1 Å². The van der Waals surface area contributed by atoms with Crippen LogP contribution in [0, 0.1) is 5.82 Å². The maximum atomic E-state index is 13.9. The number of hydrogen-bond acceptors (Lipinski definition) is 5. The van der Waals surface area contributed by atoms with Crippen LogP contribution in [0.2, 0.25) is 0 Å². The largest absolute Gasteiger partial charge is 0.333 e. The molecule has 3 aliphatic heterocycles. The molecule has 0 spiro atoms. The molecule has 3 aliphatic rings. The molecule has 0 saturated carbocycles. The van der Waals surface area contributed by atoms with Gasteiger partial charge in [0.15, 0.2) is 0 Å². The Labute approximate surface area is 235 Å². The van der Waals surface area contributed by atoms with Gasteiger partial charge in [-0.25, -0.2) is 4.39 Å². The number of anilines is 1. The van der Waals surface area contributed by atoms with Crippen LogP contribution in [0.4, 0.5) is 10.1 Å². The van der Waals surface area contributed by atoms with Gasteiger partial charge in [0.25, 0.3) is 5.91 Å². The number of rotatable bonds is 6. The van der Waals surface area contributed by atoms with Crippen LogP contribution in [0.5, 0.6) is 0 Å². The summed E-state index contributed by atoms with van der Waals surface area (Å²) in [6.07, 6.45) is 2.47. The number of piperazine rings is 1. The fourth-order valence-corrected chi connectivity index (χ4v) is 6.31. The molecule has 2 amide bonds. The van der Waals surface area contributed by atoms with Gasteiger partial charge in [-0.2, -0.15) is 0 Å². The predicted octanol–water partition coefficient (Wildman–Crippen LogP) is 3.75. The van der Waals surface area contributed by atoms with Crippen LogP contribution in [0.25, 0.3) is 0 Å². The maximum Gasteiger partial charge on any atom is 0.254 e. The molecule has 1 aromatic heterocycles. The molecule has 8 heteroatoms. The summed E-state index contributed by atoms with van der Waals surface area (Å²) in [5.41, 5.74) is 5.43. The highest BCUT2D eigenvalue weighted by Crippen LogP contribution is 2.40. The van der Waals surface area contributed by atoms with Crippen LogP contribution in [-0.2, 0) is 23.2 Å². The van der Waals surface area contributed by atoms with Gasteiger partial charge in [0.2, 0.25) is 5.91 Å². The Bertz CT molecular complexity index is 1440. The summed E-state index contributed by atoms with van der Waals surface area (Å²) in [6.45, 7) is 9.95. The minimum Gasteiger partial charge on any atom is -0.333 e. The van der Waals surface area contributed by atoms with E-state index in [9.17, 15) is 14.0 Å². The average Bonchev–Trinajstić information content (AvgIpc) is 3.39. The van der Waals surface area contributed by atoms with Crippen molar-refractivity contribution < 1.29 is 14.0 Å². The smallest absolute Gasteiger partial charge is 0.254 e. The molecule has 1 N–H and O–H groups in total. The van der Waals surface area contributed by atoms with Crippen LogP contribution >= 0.6 is 0 Å². The highest BCUT2D eigenvalue weighted by atomic mass is 19.1. The molecule has 40 heavy (non-hydrogen) atoms. The number of nitrogens with zero attached hydrogens (tertiary/aromatic N) is 4. The Morgan fingerprint density at radius 1 is 1.15 bits per heavy atom. The number of hydrogen-bond donors (Lipinski definition) is 1. The fraction of sp³-hybridized carbons (Fsp3) is 0.406. The summed E-state index contributed by atoms with van der Waals surface area (Å²) >= 11 is 0. The Hall–Kier alpha value is -3.62. The van der Waals surface area contributed by atoms with E-state index in [0.717, 1.165) is 46.7 Å². The molecule has 2 unspecified atom stereocenters. The lowest BCUT2D eigenvalue weighted by Crippen LogP contribution is -2.60. The number of nitrogens with one attached hydrogen (secondary N) is 1. The summed E-state index contributed by atoms with van der Waals surface area (Å²) in [5.74, 6) is -0.138. The van der Waals surface area contributed by atoms with E-state index in [4.69, 9.17) is 0 Å². The molecular weight excluding hydrogens is 505 g/mol. The molecular formula is C32H36FN5O2. The Morgan fingerprint density at radius 2 is 1.93 bits per heavy atom. The molecule has 1 fully saturated rings. The van der Waals surface area contributed by atoms with E-state index in [1.54, 1.807) is 12.1 Å². The number of pyridine rings is 1. The fourth-order valence-electron chi connectivity index (χ4n) is 6.31. The summed E-state index contributed by atoms with van der Waals surface area (Å²) in [6, 6.07) is 16.6. The number of carbonyl (C=O) groups excluding carboxylic acids is 2. The number of carbonyl (C=O) groups is 2. The quantitative estimate of drug-likeness (QED) is 0.515. The first-order valence-corrected chi connectivity index (χ1v) is 14.1. The van der Waals surface area contributed by atoms with E-state index >= 15 is 0 Å². The minimum atomic E-state index is -0.261. The molecule has 0 aliphatic carbocycles. The van der Waals surface area contributed by atoms with Gasteiger partial charge >= 0.3 is 0 Å². The molecule has 7 nitrogen and oxygen atoms in total. The number of benzene rings is 2. The van der Waals surface area contributed by atoms with Crippen LogP contribution in [0.3, 0.4) is 0 Å². The second-order valence-corrected chi connectivity index (χ2v) is 12.1. The average molecular weight is 542 g/mol. The second kappa shape index (κ2) is 10.4. The van der Waals surface area contributed by atoms with Gasteiger partial charge < -0.3 is 15.1 Å². The highest BCUT2D eigenvalue weighted by Gasteiger charge is 2.40.